The standard InChI is InChI=1S/C24H29N7O/c1-18-17-21(29-11-9-28(2)10-12-29)27-24(26-18)31-15-13-30(14-16-31)23(32)22-20-6-4-3-5-19(20)7-8-25-22/h3-8,17H,9-16H2,1-2H3. The molecule has 2 saturated heterocycles. The van der Waals surface area contributed by atoms with Gasteiger partial charge in [-0.15, -0.1) is 0 Å². The van der Waals surface area contributed by atoms with Gasteiger partial charge >= 0.3 is 0 Å². The predicted molar refractivity (Wildman–Crippen MR) is 126 cm³/mol. The van der Waals surface area contributed by atoms with E-state index in [4.69, 9.17) is 9.97 Å². The number of anilines is 2. The summed E-state index contributed by atoms with van der Waals surface area (Å²) in [6.45, 7) is 8.75. The molecule has 2 aliphatic heterocycles. The third-order valence-electron chi connectivity index (χ3n) is 6.38. The highest BCUT2D eigenvalue weighted by Crippen LogP contribution is 2.22. The summed E-state index contributed by atoms with van der Waals surface area (Å²) >= 11 is 0. The lowest BCUT2D eigenvalue weighted by atomic mass is 10.1. The Morgan fingerprint density at radius 2 is 1.59 bits per heavy atom. The lowest BCUT2D eigenvalue weighted by Gasteiger charge is -2.36. The first kappa shape index (κ1) is 20.6. The smallest absolute Gasteiger partial charge is 0.273 e. The van der Waals surface area contributed by atoms with Crippen molar-refractivity contribution in [3.8, 4) is 0 Å². The van der Waals surface area contributed by atoms with E-state index in [2.05, 4.69) is 32.8 Å². The van der Waals surface area contributed by atoms with Crippen LogP contribution in [0, 0.1) is 6.92 Å². The number of carbonyl (C=O) groups excluding carboxylic acids is 1. The fraction of sp³-hybridized carbons (Fsp3) is 0.417. The number of piperazine rings is 2. The molecule has 2 aliphatic rings. The van der Waals surface area contributed by atoms with E-state index in [1.54, 1.807) is 6.20 Å². The van der Waals surface area contributed by atoms with Crippen molar-refractivity contribution in [2.45, 2.75) is 6.92 Å². The molecule has 8 heteroatoms. The van der Waals surface area contributed by atoms with Gasteiger partial charge in [0.15, 0.2) is 0 Å². The molecular formula is C24H29N7O. The number of likely N-dealkylation sites (N-methyl/N-ethyl adjacent to an activating group) is 1. The minimum atomic E-state index is -0.00950. The van der Waals surface area contributed by atoms with Crippen LogP contribution in [0.2, 0.25) is 0 Å². The van der Waals surface area contributed by atoms with E-state index in [-0.39, 0.29) is 5.91 Å². The van der Waals surface area contributed by atoms with E-state index < -0.39 is 0 Å². The number of benzene rings is 1. The highest BCUT2D eigenvalue weighted by atomic mass is 16.2. The lowest BCUT2D eigenvalue weighted by Crippen LogP contribution is -2.49. The van der Waals surface area contributed by atoms with Gasteiger partial charge in [0.05, 0.1) is 0 Å². The topological polar surface area (TPSA) is 68.7 Å². The summed E-state index contributed by atoms with van der Waals surface area (Å²) in [6.07, 6.45) is 1.71. The number of pyridine rings is 1. The van der Waals surface area contributed by atoms with Gasteiger partial charge in [-0.25, -0.2) is 4.98 Å². The summed E-state index contributed by atoms with van der Waals surface area (Å²) in [5.74, 6) is 1.75. The highest BCUT2D eigenvalue weighted by Gasteiger charge is 2.26. The van der Waals surface area contributed by atoms with Crippen molar-refractivity contribution in [3.63, 3.8) is 0 Å². The largest absolute Gasteiger partial charge is 0.354 e. The Labute approximate surface area is 188 Å². The van der Waals surface area contributed by atoms with E-state index >= 15 is 0 Å². The summed E-state index contributed by atoms with van der Waals surface area (Å²) in [7, 11) is 2.16. The van der Waals surface area contributed by atoms with E-state index in [1.807, 2.05) is 42.2 Å². The molecule has 0 unspecified atom stereocenters. The van der Waals surface area contributed by atoms with Crippen LogP contribution in [0.4, 0.5) is 11.8 Å². The van der Waals surface area contributed by atoms with Gasteiger partial charge in [-0.05, 0) is 25.4 Å². The zero-order chi connectivity index (χ0) is 22.1. The molecule has 2 aromatic heterocycles. The number of hydrogen-bond donors (Lipinski definition) is 0. The number of aromatic nitrogens is 3. The molecule has 3 aromatic rings. The molecule has 8 nitrogen and oxygen atoms in total. The van der Waals surface area contributed by atoms with Crippen LogP contribution in [0.15, 0.2) is 42.6 Å². The lowest BCUT2D eigenvalue weighted by molar-refractivity contribution is 0.0742. The van der Waals surface area contributed by atoms with Gasteiger partial charge < -0.3 is 19.6 Å². The van der Waals surface area contributed by atoms with E-state index in [1.165, 1.54) is 0 Å². The molecule has 166 valence electrons. The molecule has 0 atom stereocenters. The van der Waals surface area contributed by atoms with Crippen molar-refractivity contribution in [1.29, 1.82) is 0 Å². The van der Waals surface area contributed by atoms with Crippen molar-refractivity contribution in [3.05, 3.63) is 54.0 Å². The predicted octanol–water partition coefficient (Wildman–Crippen LogP) is 2.05. The van der Waals surface area contributed by atoms with E-state index in [0.29, 0.717) is 31.9 Å². The van der Waals surface area contributed by atoms with Gasteiger partial charge in [0.1, 0.15) is 11.5 Å². The Morgan fingerprint density at radius 3 is 2.38 bits per heavy atom. The molecule has 32 heavy (non-hydrogen) atoms. The number of fused-ring (bicyclic) bond motifs is 1. The normalized spacial score (nSPS) is 17.8. The summed E-state index contributed by atoms with van der Waals surface area (Å²) < 4.78 is 0. The molecule has 2 fully saturated rings. The Morgan fingerprint density at radius 1 is 0.875 bits per heavy atom. The van der Waals surface area contributed by atoms with Crippen LogP contribution >= 0.6 is 0 Å². The average Bonchev–Trinajstić information content (AvgIpc) is 2.83. The maximum atomic E-state index is 13.2. The third kappa shape index (κ3) is 4.10. The molecule has 5 rings (SSSR count). The molecule has 1 amide bonds. The number of rotatable bonds is 3. The molecule has 0 spiro atoms. The van der Waals surface area contributed by atoms with Crippen LogP contribution in [0.5, 0.6) is 0 Å². The Kier molecular flexibility index (Phi) is 5.61. The zero-order valence-electron chi connectivity index (χ0n) is 18.7. The molecule has 0 aliphatic carbocycles. The first-order chi connectivity index (χ1) is 15.6. The van der Waals surface area contributed by atoms with Gasteiger partial charge in [-0.3, -0.25) is 9.78 Å². The fourth-order valence-corrected chi connectivity index (χ4v) is 4.42. The second-order valence-corrected chi connectivity index (χ2v) is 8.62. The van der Waals surface area contributed by atoms with E-state index in [9.17, 15) is 4.79 Å². The van der Waals surface area contributed by atoms with Crippen molar-refractivity contribution in [2.24, 2.45) is 0 Å². The second kappa shape index (κ2) is 8.70. The van der Waals surface area contributed by atoms with Crippen LogP contribution in [0.1, 0.15) is 16.2 Å². The van der Waals surface area contributed by atoms with Gasteiger partial charge in [0, 0.05) is 75.7 Å². The van der Waals surface area contributed by atoms with Gasteiger partial charge in [0.2, 0.25) is 5.95 Å². The van der Waals surface area contributed by atoms with Crippen molar-refractivity contribution >= 4 is 28.4 Å². The Balaban J connectivity index is 1.29. The third-order valence-corrected chi connectivity index (χ3v) is 6.38. The summed E-state index contributed by atoms with van der Waals surface area (Å²) in [5, 5.41) is 1.94. The second-order valence-electron chi connectivity index (χ2n) is 8.62. The molecule has 0 radical (unpaired) electrons. The molecule has 0 N–H and O–H groups in total. The average molecular weight is 432 g/mol. The minimum absolute atomic E-state index is 0.00950. The number of carbonyl (C=O) groups is 1. The SMILES string of the molecule is Cc1cc(N2CCN(C)CC2)nc(N2CCN(C(=O)c3nccc4ccccc34)CC2)n1. The fourth-order valence-electron chi connectivity index (χ4n) is 4.42. The highest BCUT2D eigenvalue weighted by molar-refractivity contribution is 6.05. The number of hydrogen-bond acceptors (Lipinski definition) is 7. The summed E-state index contributed by atoms with van der Waals surface area (Å²) in [4.78, 5) is 35.9. The van der Waals surface area contributed by atoms with Crippen LogP contribution in [-0.4, -0.2) is 90.1 Å². The van der Waals surface area contributed by atoms with E-state index in [0.717, 1.165) is 54.4 Å². The Bertz CT molecular complexity index is 1110. The number of amides is 1. The molecule has 1 aromatic carbocycles. The monoisotopic (exact) mass is 431 g/mol. The molecule has 0 bridgehead atoms. The quantitative estimate of drug-likeness (QED) is 0.629. The van der Waals surface area contributed by atoms with Crippen molar-refractivity contribution < 1.29 is 4.79 Å². The molecule has 0 saturated carbocycles. The van der Waals surface area contributed by atoms with Crippen molar-refractivity contribution in [1.82, 2.24) is 24.8 Å². The van der Waals surface area contributed by atoms with Crippen LogP contribution in [0.25, 0.3) is 10.8 Å². The van der Waals surface area contributed by atoms with Gasteiger partial charge in [-0.1, -0.05) is 24.3 Å². The first-order valence-corrected chi connectivity index (χ1v) is 11.3. The number of aryl methyl sites for hydroxylation is 1. The van der Waals surface area contributed by atoms with Crippen LogP contribution in [-0.2, 0) is 0 Å². The molecular weight excluding hydrogens is 402 g/mol. The summed E-state index contributed by atoms with van der Waals surface area (Å²) in [5.41, 5.74) is 1.50. The zero-order valence-corrected chi connectivity index (χ0v) is 18.7. The van der Waals surface area contributed by atoms with Crippen molar-refractivity contribution in [2.75, 3.05) is 69.2 Å². The summed E-state index contributed by atoms with van der Waals surface area (Å²) in [6, 6.07) is 11.9. The maximum Gasteiger partial charge on any atom is 0.273 e. The maximum absolute atomic E-state index is 13.2. The van der Waals surface area contributed by atoms with Gasteiger partial charge in [0.25, 0.3) is 5.91 Å². The molecule has 4 heterocycles. The van der Waals surface area contributed by atoms with Gasteiger partial charge in [-0.2, -0.15) is 4.98 Å². The first-order valence-electron chi connectivity index (χ1n) is 11.3. The minimum Gasteiger partial charge on any atom is -0.354 e. The van der Waals surface area contributed by atoms with Crippen LogP contribution in [0.3, 0.4) is 0 Å². The van der Waals surface area contributed by atoms with Crippen LogP contribution < -0.4 is 9.80 Å². The number of nitrogens with zero attached hydrogens (tertiary/aromatic N) is 7. The Hall–Kier alpha value is -3.26.